The number of hydrogen-bond acceptors (Lipinski definition) is 4. The molecule has 0 amide bonds. The highest BCUT2D eigenvalue weighted by atomic mass is 35.5. The van der Waals surface area contributed by atoms with Gasteiger partial charge in [0.15, 0.2) is 16.3 Å². The van der Waals surface area contributed by atoms with Crippen molar-refractivity contribution in [3.63, 3.8) is 0 Å². The number of halogens is 3. The molecule has 0 unspecified atom stereocenters. The molecule has 5 rings (SSSR count). The van der Waals surface area contributed by atoms with Crippen LogP contribution < -0.4 is 5.56 Å². The molecule has 9 heteroatoms. The summed E-state index contributed by atoms with van der Waals surface area (Å²) in [6.45, 7) is 0. The zero-order valence-electron chi connectivity index (χ0n) is 16.3. The molecule has 2 aromatic carbocycles. The zero-order chi connectivity index (χ0) is 21.5. The van der Waals surface area contributed by atoms with Gasteiger partial charge in [0, 0.05) is 26.9 Å². The lowest BCUT2D eigenvalue weighted by Crippen LogP contribution is -2.22. The molecule has 0 saturated heterocycles. The Balaban J connectivity index is 1.53. The van der Waals surface area contributed by atoms with Gasteiger partial charge < -0.3 is 4.57 Å². The van der Waals surface area contributed by atoms with Crippen molar-refractivity contribution in [3.8, 4) is 5.69 Å². The first kappa shape index (κ1) is 20.9. The summed E-state index contributed by atoms with van der Waals surface area (Å²) in [6, 6.07) is 13.0. The van der Waals surface area contributed by atoms with E-state index in [0.29, 0.717) is 48.9 Å². The van der Waals surface area contributed by atoms with Gasteiger partial charge >= 0.3 is 0 Å². The quantitative estimate of drug-likeness (QED) is 0.238. The van der Waals surface area contributed by atoms with E-state index in [1.165, 1.54) is 11.8 Å². The molecule has 2 aromatic heterocycles. The Hall–Kier alpha value is -1.99. The van der Waals surface area contributed by atoms with E-state index in [1.54, 1.807) is 29.1 Å². The van der Waals surface area contributed by atoms with Crippen LogP contribution in [0.1, 0.15) is 24.4 Å². The topological polar surface area (TPSA) is 52.7 Å². The lowest BCUT2D eigenvalue weighted by molar-refractivity contribution is 0.739. The molecule has 1 aliphatic rings. The molecule has 1 fully saturated rings. The predicted molar refractivity (Wildman–Crippen MR) is 127 cm³/mol. The summed E-state index contributed by atoms with van der Waals surface area (Å²) < 4.78 is 3.63. The zero-order valence-corrected chi connectivity index (χ0v) is 19.3. The monoisotopic (exact) mass is 490 g/mol. The van der Waals surface area contributed by atoms with Crippen molar-refractivity contribution in [2.75, 3.05) is 5.75 Å². The van der Waals surface area contributed by atoms with Gasteiger partial charge in [-0.15, -0.1) is 0 Å². The highest BCUT2D eigenvalue weighted by Gasteiger charge is 2.27. The second-order valence-electron chi connectivity index (χ2n) is 7.40. The third kappa shape index (κ3) is 4.22. The average Bonchev–Trinajstić information content (AvgIpc) is 3.50. The van der Waals surface area contributed by atoms with Gasteiger partial charge in [0.2, 0.25) is 0 Å². The fourth-order valence-electron chi connectivity index (χ4n) is 3.46. The van der Waals surface area contributed by atoms with Crippen LogP contribution in [0, 0.1) is 0 Å². The molecule has 1 saturated carbocycles. The van der Waals surface area contributed by atoms with Crippen molar-refractivity contribution in [3.05, 3.63) is 79.8 Å². The van der Waals surface area contributed by atoms with Crippen LogP contribution in [0.3, 0.4) is 0 Å². The van der Waals surface area contributed by atoms with Gasteiger partial charge in [-0.2, -0.15) is 0 Å². The average molecular weight is 492 g/mol. The van der Waals surface area contributed by atoms with E-state index in [9.17, 15) is 4.79 Å². The number of hydrogen-bond donors (Lipinski definition) is 0. The molecule has 1 aliphatic carbocycles. The number of fused-ring (bicyclic) bond motifs is 1. The van der Waals surface area contributed by atoms with Crippen LogP contribution >= 0.6 is 46.6 Å². The van der Waals surface area contributed by atoms with Crippen LogP contribution in [0.25, 0.3) is 16.9 Å². The van der Waals surface area contributed by atoms with Gasteiger partial charge in [0.05, 0.1) is 12.0 Å². The molecular formula is C22H17Cl3N4OS. The lowest BCUT2D eigenvalue weighted by Gasteiger charge is -2.13. The van der Waals surface area contributed by atoms with Crippen LogP contribution in [0.2, 0.25) is 15.1 Å². The Bertz CT molecular complexity index is 1330. The molecule has 4 aromatic rings. The summed E-state index contributed by atoms with van der Waals surface area (Å²) in [5.74, 6) is 0.699. The second kappa shape index (κ2) is 8.51. The van der Waals surface area contributed by atoms with Crippen LogP contribution in [-0.2, 0) is 6.42 Å². The van der Waals surface area contributed by atoms with Crippen molar-refractivity contribution >= 4 is 57.7 Å². The fraction of sp³-hybridized carbons (Fsp3) is 0.227. The number of aromatic nitrogens is 4. The van der Waals surface area contributed by atoms with Gasteiger partial charge in [-0.3, -0.25) is 9.36 Å². The van der Waals surface area contributed by atoms with Gasteiger partial charge in [-0.05, 0) is 61.2 Å². The first-order valence-electron chi connectivity index (χ1n) is 9.83. The van der Waals surface area contributed by atoms with Gasteiger partial charge in [-0.1, -0.05) is 52.6 Å². The minimum absolute atomic E-state index is 0.182. The normalized spacial score (nSPS) is 13.8. The molecule has 158 valence electrons. The Morgan fingerprint density at radius 2 is 1.77 bits per heavy atom. The van der Waals surface area contributed by atoms with E-state index < -0.39 is 0 Å². The van der Waals surface area contributed by atoms with E-state index in [0.717, 1.165) is 24.8 Å². The standard InChI is InChI=1S/C22H17Cl3N4OS/c23-14-3-5-17(6-4-14)29-21(30)19-20(28(12-26-19)16-7-8-16)27-22(29)31-10-9-13-1-2-15(24)11-18(13)25/h1-6,11-12,16H,7-10H2. The molecular weight excluding hydrogens is 475 g/mol. The number of aryl methyl sites for hydroxylation is 1. The molecule has 2 heterocycles. The Morgan fingerprint density at radius 1 is 1.03 bits per heavy atom. The lowest BCUT2D eigenvalue weighted by atomic mass is 10.2. The highest BCUT2D eigenvalue weighted by molar-refractivity contribution is 7.99. The number of benzene rings is 2. The minimum Gasteiger partial charge on any atom is -0.312 e. The van der Waals surface area contributed by atoms with E-state index >= 15 is 0 Å². The van der Waals surface area contributed by atoms with Crippen LogP contribution in [0.15, 0.2) is 58.7 Å². The number of nitrogens with zero attached hydrogens (tertiary/aromatic N) is 4. The first-order chi connectivity index (χ1) is 15.0. The van der Waals surface area contributed by atoms with Crippen molar-refractivity contribution in [1.82, 2.24) is 19.1 Å². The van der Waals surface area contributed by atoms with Crippen LogP contribution in [-0.4, -0.2) is 24.9 Å². The molecule has 0 atom stereocenters. The summed E-state index contributed by atoms with van der Waals surface area (Å²) >= 11 is 19.9. The van der Waals surface area contributed by atoms with E-state index in [2.05, 4.69) is 4.98 Å². The number of thioether (sulfide) groups is 1. The summed E-state index contributed by atoms with van der Waals surface area (Å²) in [7, 11) is 0. The van der Waals surface area contributed by atoms with Crippen molar-refractivity contribution in [2.45, 2.75) is 30.5 Å². The van der Waals surface area contributed by atoms with Crippen molar-refractivity contribution in [1.29, 1.82) is 0 Å². The Labute approximate surface area is 198 Å². The molecule has 0 radical (unpaired) electrons. The second-order valence-corrected chi connectivity index (χ2v) is 9.74. The van der Waals surface area contributed by atoms with Crippen LogP contribution in [0.4, 0.5) is 0 Å². The Kier molecular flexibility index (Phi) is 5.73. The molecule has 5 nitrogen and oxygen atoms in total. The van der Waals surface area contributed by atoms with Crippen molar-refractivity contribution < 1.29 is 0 Å². The maximum Gasteiger partial charge on any atom is 0.286 e. The van der Waals surface area contributed by atoms with Gasteiger partial charge in [-0.25, -0.2) is 9.97 Å². The van der Waals surface area contributed by atoms with E-state index in [-0.39, 0.29) is 5.56 Å². The third-order valence-corrected chi connectivity index (χ3v) is 6.99. The SMILES string of the molecule is O=c1c2ncn(C3CC3)c2nc(SCCc2ccc(Cl)cc2Cl)n1-c1ccc(Cl)cc1. The van der Waals surface area contributed by atoms with Crippen LogP contribution in [0.5, 0.6) is 0 Å². The van der Waals surface area contributed by atoms with Gasteiger partial charge in [0.25, 0.3) is 5.56 Å². The summed E-state index contributed by atoms with van der Waals surface area (Å²) in [5.41, 5.74) is 2.55. The minimum atomic E-state index is -0.182. The highest BCUT2D eigenvalue weighted by Crippen LogP contribution is 2.36. The van der Waals surface area contributed by atoms with E-state index in [1.807, 2.05) is 28.8 Å². The molecule has 0 N–H and O–H groups in total. The number of imidazole rings is 1. The maximum atomic E-state index is 13.4. The first-order valence-corrected chi connectivity index (χ1v) is 12.0. The fourth-order valence-corrected chi connectivity index (χ4v) is 5.06. The summed E-state index contributed by atoms with van der Waals surface area (Å²) in [4.78, 5) is 22.6. The molecule has 0 spiro atoms. The number of rotatable bonds is 6. The van der Waals surface area contributed by atoms with Gasteiger partial charge in [0.1, 0.15) is 0 Å². The molecule has 0 bridgehead atoms. The predicted octanol–water partition coefficient (Wildman–Crippen LogP) is 6.21. The molecule has 31 heavy (non-hydrogen) atoms. The van der Waals surface area contributed by atoms with Crippen molar-refractivity contribution in [2.24, 2.45) is 0 Å². The summed E-state index contributed by atoms with van der Waals surface area (Å²) in [5, 5.41) is 2.47. The Morgan fingerprint density at radius 3 is 2.48 bits per heavy atom. The third-order valence-electron chi connectivity index (χ3n) is 5.21. The largest absolute Gasteiger partial charge is 0.312 e. The molecule has 0 aliphatic heterocycles. The van der Waals surface area contributed by atoms with E-state index in [4.69, 9.17) is 39.8 Å². The summed E-state index contributed by atoms with van der Waals surface area (Å²) in [6.07, 6.45) is 4.62. The smallest absolute Gasteiger partial charge is 0.286 e. The maximum absolute atomic E-state index is 13.4.